The van der Waals surface area contributed by atoms with Gasteiger partial charge in [-0.2, -0.15) is 8.42 Å². The second-order valence-corrected chi connectivity index (χ2v) is 3.25. The van der Waals surface area contributed by atoms with E-state index in [1.165, 1.54) is 0 Å². The maximum Gasteiger partial charge on any atom is 0.261 e. The lowest BCUT2D eigenvalue weighted by Gasteiger charge is -1.99. The van der Waals surface area contributed by atoms with Gasteiger partial charge in [-0.1, -0.05) is 0 Å². The predicted octanol–water partition coefficient (Wildman–Crippen LogP) is -0.135. The molecule has 5 nitrogen and oxygen atoms in total. The van der Waals surface area contributed by atoms with Crippen LogP contribution in [-0.4, -0.2) is 37.2 Å². The third-order valence-electron chi connectivity index (χ3n) is 0.408. The molecule has 0 rings (SSSR count). The lowest BCUT2D eigenvalue weighted by atomic mass is 10.7. The number of aliphatic hydroxyl groups is 1. The molecule has 11 heavy (non-hydrogen) atoms. The van der Waals surface area contributed by atoms with Crippen molar-refractivity contribution in [1.82, 2.24) is 0 Å². The molecule has 0 aromatic heterocycles. The Kier molecular flexibility index (Phi) is 7.97. The van der Waals surface area contributed by atoms with Crippen molar-refractivity contribution in [3.8, 4) is 0 Å². The first kappa shape index (κ1) is 13.4. The number of ether oxygens (including phenoxy) is 1. The van der Waals surface area contributed by atoms with Crippen molar-refractivity contribution in [2.75, 3.05) is 12.9 Å². The molecule has 0 heterocycles. The number of aliphatic hydroxyl groups excluding tert-OH is 1. The minimum Gasteiger partial charge on any atom is -0.368 e. The fourth-order valence-corrected chi connectivity index (χ4v) is 0.241. The molecule has 0 aliphatic rings. The van der Waals surface area contributed by atoms with Gasteiger partial charge < -0.3 is 9.84 Å². The molecule has 0 aromatic carbocycles. The molecule has 0 amide bonds. The third kappa shape index (κ3) is 75.2. The normalized spacial score (nSPS) is 13.2. The fourth-order valence-electron chi connectivity index (χ4n) is 0.241. The maximum atomic E-state index is 9.19. The first-order valence-corrected chi connectivity index (χ1v) is 4.84. The van der Waals surface area contributed by atoms with Crippen LogP contribution < -0.4 is 0 Å². The summed E-state index contributed by atoms with van der Waals surface area (Å²) in [5.41, 5.74) is 0. The molecular formula is C5H14O5S. The average molecular weight is 186 g/mol. The van der Waals surface area contributed by atoms with Crippen molar-refractivity contribution in [1.29, 1.82) is 0 Å². The fraction of sp³-hybridized carbons (Fsp3) is 1.00. The van der Waals surface area contributed by atoms with E-state index in [9.17, 15) is 8.42 Å². The van der Waals surface area contributed by atoms with E-state index in [1.807, 2.05) is 6.92 Å². The maximum absolute atomic E-state index is 9.19. The van der Waals surface area contributed by atoms with Crippen molar-refractivity contribution in [3.63, 3.8) is 0 Å². The molecule has 0 fully saturated rings. The summed E-state index contributed by atoms with van der Waals surface area (Å²) in [6, 6.07) is 0. The number of hydrogen-bond acceptors (Lipinski definition) is 4. The van der Waals surface area contributed by atoms with Crippen LogP contribution in [0.3, 0.4) is 0 Å². The Morgan fingerprint density at radius 3 is 1.82 bits per heavy atom. The van der Waals surface area contributed by atoms with Crippen LogP contribution in [0.4, 0.5) is 0 Å². The van der Waals surface area contributed by atoms with E-state index in [0.717, 1.165) is 0 Å². The van der Waals surface area contributed by atoms with Crippen LogP contribution in [0.1, 0.15) is 13.8 Å². The molecule has 0 aliphatic carbocycles. The molecule has 0 spiro atoms. The van der Waals surface area contributed by atoms with E-state index < -0.39 is 16.4 Å². The molecule has 0 aromatic rings. The second kappa shape index (κ2) is 6.53. The van der Waals surface area contributed by atoms with Gasteiger partial charge in [-0.15, -0.1) is 0 Å². The zero-order chi connectivity index (χ0) is 9.49. The smallest absolute Gasteiger partial charge is 0.261 e. The highest BCUT2D eigenvalue weighted by Gasteiger charge is 1.85. The summed E-state index contributed by atoms with van der Waals surface area (Å²) in [5, 5.41) is 8.33. The van der Waals surface area contributed by atoms with Gasteiger partial charge in [0.05, 0.1) is 6.26 Å². The molecule has 0 aliphatic heterocycles. The zero-order valence-electron chi connectivity index (χ0n) is 6.81. The van der Waals surface area contributed by atoms with Gasteiger partial charge in [0, 0.05) is 6.61 Å². The van der Waals surface area contributed by atoms with Gasteiger partial charge in [-0.25, -0.2) is 0 Å². The predicted molar refractivity (Wildman–Crippen MR) is 40.8 cm³/mol. The molecule has 0 radical (unpaired) electrons. The van der Waals surface area contributed by atoms with Gasteiger partial charge in [0.25, 0.3) is 10.1 Å². The lowest BCUT2D eigenvalue weighted by molar-refractivity contribution is -0.0800. The summed E-state index contributed by atoms with van der Waals surface area (Å²) in [7, 11) is -3.67. The van der Waals surface area contributed by atoms with E-state index in [0.29, 0.717) is 12.9 Å². The van der Waals surface area contributed by atoms with Crippen molar-refractivity contribution in [2.45, 2.75) is 20.1 Å². The van der Waals surface area contributed by atoms with Gasteiger partial charge in [-0.3, -0.25) is 4.55 Å². The topological polar surface area (TPSA) is 83.8 Å². The van der Waals surface area contributed by atoms with E-state index in [1.54, 1.807) is 6.92 Å². The van der Waals surface area contributed by atoms with E-state index in [4.69, 9.17) is 9.66 Å². The summed E-state index contributed by atoms with van der Waals surface area (Å²) >= 11 is 0. The molecule has 1 unspecified atom stereocenters. The molecule has 1 atom stereocenters. The van der Waals surface area contributed by atoms with Crippen molar-refractivity contribution < 1.29 is 22.8 Å². The molecule has 0 saturated heterocycles. The van der Waals surface area contributed by atoms with Crippen LogP contribution in [0.5, 0.6) is 0 Å². The van der Waals surface area contributed by atoms with Crippen LogP contribution in [0.2, 0.25) is 0 Å². The second-order valence-electron chi connectivity index (χ2n) is 1.79. The van der Waals surface area contributed by atoms with Crippen LogP contribution >= 0.6 is 0 Å². The van der Waals surface area contributed by atoms with Crippen molar-refractivity contribution >= 4 is 10.1 Å². The molecule has 0 bridgehead atoms. The van der Waals surface area contributed by atoms with Crippen molar-refractivity contribution in [2.24, 2.45) is 0 Å². The number of rotatable bonds is 2. The summed E-state index contributed by atoms with van der Waals surface area (Å²) in [4.78, 5) is 0. The quantitative estimate of drug-likeness (QED) is 0.463. The standard InChI is InChI=1S/C4H10O2.CH4O3S/c1-3-6-4(2)5;1-5(2,3)4/h4-5H,3H2,1-2H3;1H3,(H,2,3,4). The summed E-state index contributed by atoms with van der Waals surface area (Å²) in [6.45, 7) is 4.01. The van der Waals surface area contributed by atoms with E-state index in [-0.39, 0.29) is 0 Å². The van der Waals surface area contributed by atoms with Crippen LogP contribution in [0.15, 0.2) is 0 Å². The van der Waals surface area contributed by atoms with E-state index in [2.05, 4.69) is 4.74 Å². The average Bonchev–Trinajstić information content (AvgIpc) is 1.58. The minimum absolute atomic E-state index is 0.581. The molecule has 0 saturated carbocycles. The summed E-state index contributed by atoms with van der Waals surface area (Å²) < 4.78 is 30.5. The van der Waals surface area contributed by atoms with Gasteiger partial charge in [0.2, 0.25) is 0 Å². The Hall–Kier alpha value is -0.170. The first-order valence-electron chi connectivity index (χ1n) is 2.99. The van der Waals surface area contributed by atoms with Gasteiger partial charge in [0.1, 0.15) is 0 Å². The summed E-state index contributed by atoms with van der Waals surface area (Å²) in [6.07, 6.45) is 0.113. The molecule has 70 valence electrons. The molecule has 6 heteroatoms. The Morgan fingerprint density at radius 1 is 1.55 bits per heavy atom. The van der Waals surface area contributed by atoms with Gasteiger partial charge in [-0.05, 0) is 13.8 Å². The van der Waals surface area contributed by atoms with Gasteiger partial charge >= 0.3 is 0 Å². The highest BCUT2D eigenvalue weighted by atomic mass is 32.2. The Balaban J connectivity index is 0. The SMILES string of the molecule is CCOC(C)O.CS(=O)(=O)O. The Bertz CT molecular complexity index is 152. The monoisotopic (exact) mass is 186 g/mol. The molecule has 2 N–H and O–H groups in total. The largest absolute Gasteiger partial charge is 0.368 e. The van der Waals surface area contributed by atoms with Crippen LogP contribution in [0, 0.1) is 0 Å². The van der Waals surface area contributed by atoms with Crippen LogP contribution in [0.25, 0.3) is 0 Å². The minimum atomic E-state index is -3.67. The summed E-state index contributed by atoms with van der Waals surface area (Å²) in [5.74, 6) is 0. The lowest BCUT2D eigenvalue weighted by Crippen LogP contribution is -2.04. The number of hydrogen-bond donors (Lipinski definition) is 2. The zero-order valence-corrected chi connectivity index (χ0v) is 7.63. The molecular weight excluding hydrogens is 172 g/mol. The van der Waals surface area contributed by atoms with E-state index >= 15 is 0 Å². The Labute approximate surface area is 66.7 Å². The first-order chi connectivity index (χ1) is 4.77. The Morgan fingerprint density at radius 2 is 1.82 bits per heavy atom. The van der Waals surface area contributed by atoms with Crippen molar-refractivity contribution in [3.05, 3.63) is 0 Å². The highest BCUT2D eigenvalue weighted by molar-refractivity contribution is 7.85. The van der Waals surface area contributed by atoms with Crippen LogP contribution in [-0.2, 0) is 14.9 Å². The van der Waals surface area contributed by atoms with Gasteiger partial charge in [0.15, 0.2) is 6.29 Å². The third-order valence-corrected chi connectivity index (χ3v) is 0.408. The highest BCUT2D eigenvalue weighted by Crippen LogP contribution is 1.78.